The highest BCUT2D eigenvalue weighted by Gasteiger charge is 2.34. The van der Waals surface area contributed by atoms with Gasteiger partial charge in [0.25, 0.3) is 10.0 Å². The van der Waals surface area contributed by atoms with Crippen LogP contribution >= 0.6 is 11.6 Å². The van der Waals surface area contributed by atoms with E-state index in [9.17, 15) is 18.0 Å². The average molecular weight is 614 g/mol. The minimum absolute atomic E-state index is 0.0365. The lowest BCUT2D eigenvalue weighted by Crippen LogP contribution is -2.55. The van der Waals surface area contributed by atoms with Gasteiger partial charge in [-0.25, -0.2) is 8.42 Å². The first kappa shape index (κ1) is 32.9. The van der Waals surface area contributed by atoms with Crippen molar-refractivity contribution in [2.75, 3.05) is 18.0 Å². The quantitative estimate of drug-likeness (QED) is 0.291. The van der Waals surface area contributed by atoms with Crippen LogP contribution in [0.2, 0.25) is 5.02 Å². The van der Waals surface area contributed by atoms with Gasteiger partial charge in [-0.3, -0.25) is 13.9 Å². The van der Waals surface area contributed by atoms with Crippen molar-refractivity contribution >= 4 is 39.1 Å². The number of halogens is 1. The Bertz CT molecular complexity index is 1520. The van der Waals surface area contributed by atoms with E-state index >= 15 is 0 Å². The molecule has 0 spiro atoms. The fourth-order valence-electron chi connectivity index (χ4n) is 4.44. The lowest BCUT2D eigenvalue weighted by atomic mass is 10.1. The highest BCUT2D eigenvalue weighted by molar-refractivity contribution is 7.92. The van der Waals surface area contributed by atoms with E-state index in [-0.39, 0.29) is 23.0 Å². The zero-order chi connectivity index (χ0) is 31.2. The molecule has 3 rings (SSSR count). The van der Waals surface area contributed by atoms with Crippen LogP contribution in [0.4, 0.5) is 5.69 Å². The number of hydrogen-bond donors (Lipinski definition) is 1. The van der Waals surface area contributed by atoms with Crippen molar-refractivity contribution in [1.82, 2.24) is 10.2 Å². The second kappa shape index (κ2) is 13.6. The zero-order valence-electron chi connectivity index (χ0n) is 25.3. The molecule has 0 bridgehead atoms. The van der Waals surface area contributed by atoms with Gasteiger partial charge in [0.05, 0.1) is 17.7 Å². The number of aryl methyl sites for hydroxylation is 2. The van der Waals surface area contributed by atoms with Crippen LogP contribution in [0.3, 0.4) is 0 Å². The predicted octanol–water partition coefficient (Wildman–Crippen LogP) is 5.88. The molecule has 2 amide bonds. The van der Waals surface area contributed by atoms with Crippen LogP contribution < -0.4 is 14.4 Å². The summed E-state index contributed by atoms with van der Waals surface area (Å²) in [6, 6.07) is 17.6. The number of carbonyl (C=O) groups is 2. The third-order valence-electron chi connectivity index (χ3n) is 6.70. The molecule has 1 N–H and O–H groups in total. The van der Waals surface area contributed by atoms with E-state index in [4.69, 9.17) is 16.3 Å². The molecule has 0 unspecified atom stereocenters. The number of sulfonamides is 1. The molecule has 0 saturated heterocycles. The largest absolute Gasteiger partial charge is 0.497 e. The monoisotopic (exact) mass is 613 g/mol. The molecular weight excluding hydrogens is 574 g/mol. The number of methoxy groups -OCH3 is 1. The van der Waals surface area contributed by atoms with Gasteiger partial charge in [0, 0.05) is 17.1 Å². The topological polar surface area (TPSA) is 96.0 Å². The fraction of sp³-hybridized carbons (Fsp3) is 0.375. The molecule has 10 heteroatoms. The maximum atomic E-state index is 14.2. The molecule has 8 nitrogen and oxygen atoms in total. The summed E-state index contributed by atoms with van der Waals surface area (Å²) >= 11 is 6.40. The Hall–Kier alpha value is -3.56. The number of nitrogens with zero attached hydrogens (tertiary/aromatic N) is 2. The van der Waals surface area contributed by atoms with Crippen molar-refractivity contribution in [2.24, 2.45) is 0 Å². The van der Waals surface area contributed by atoms with Gasteiger partial charge in [-0.2, -0.15) is 0 Å². The first-order valence-electron chi connectivity index (χ1n) is 13.8. The Kier molecular flexibility index (Phi) is 10.7. The standard InChI is InChI=1S/C32H40ClN3O5S/c1-8-29(31(38)34-32(4,5)6)35(20-24-10-9-11-26(18-24)41-7)30(37)21-36(25-15-14-23(3)28(33)19-25)42(39,40)27-16-12-22(2)13-17-27/h9-19,29H,8,20-21H2,1-7H3,(H,34,38)/t29-/m0/s1. The summed E-state index contributed by atoms with van der Waals surface area (Å²) in [6.45, 7) is 10.6. The molecule has 0 heterocycles. The molecule has 0 aliphatic heterocycles. The Morgan fingerprint density at radius 2 is 1.67 bits per heavy atom. The van der Waals surface area contributed by atoms with Crippen LogP contribution in [0.25, 0.3) is 0 Å². The maximum absolute atomic E-state index is 14.2. The van der Waals surface area contributed by atoms with Gasteiger partial charge in [-0.05, 0) is 88.6 Å². The van der Waals surface area contributed by atoms with Gasteiger partial charge in [0.15, 0.2) is 0 Å². The first-order chi connectivity index (χ1) is 19.7. The molecule has 0 saturated carbocycles. The van der Waals surface area contributed by atoms with Crippen molar-refractivity contribution in [1.29, 1.82) is 0 Å². The van der Waals surface area contributed by atoms with E-state index in [1.54, 1.807) is 49.6 Å². The highest BCUT2D eigenvalue weighted by Crippen LogP contribution is 2.29. The van der Waals surface area contributed by atoms with Gasteiger partial charge in [-0.1, -0.05) is 54.4 Å². The van der Waals surface area contributed by atoms with E-state index in [1.807, 2.05) is 47.6 Å². The van der Waals surface area contributed by atoms with Crippen LogP contribution in [-0.4, -0.2) is 50.4 Å². The lowest BCUT2D eigenvalue weighted by molar-refractivity contribution is -0.141. The minimum Gasteiger partial charge on any atom is -0.497 e. The Morgan fingerprint density at radius 1 is 1.00 bits per heavy atom. The molecule has 42 heavy (non-hydrogen) atoms. The fourth-order valence-corrected chi connectivity index (χ4v) is 6.02. The summed E-state index contributed by atoms with van der Waals surface area (Å²) in [7, 11) is -2.64. The van der Waals surface area contributed by atoms with Gasteiger partial charge in [0.1, 0.15) is 18.3 Å². The molecule has 0 aliphatic rings. The number of carbonyl (C=O) groups excluding carboxylic acids is 2. The molecule has 1 atom stereocenters. The molecular formula is C32H40ClN3O5S. The van der Waals surface area contributed by atoms with Crippen molar-refractivity contribution in [3.05, 3.63) is 88.4 Å². The smallest absolute Gasteiger partial charge is 0.264 e. The van der Waals surface area contributed by atoms with E-state index in [0.29, 0.717) is 17.2 Å². The first-order valence-corrected chi connectivity index (χ1v) is 15.6. The zero-order valence-corrected chi connectivity index (χ0v) is 26.8. The number of hydrogen-bond acceptors (Lipinski definition) is 5. The van der Waals surface area contributed by atoms with Crippen LogP contribution in [0.5, 0.6) is 5.75 Å². The SMILES string of the molecule is CC[C@@H](C(=O)NC(C)(C)C)N(Cc1cccc(OC)c1)C(=O)CN(c1ccc(C)c(Cl)c1)S(=O)(=O)c1ccc(C)cc1. The Morgan fingerprint density at radius 3 is 2.24 bits per heavy atom. The molecule has 0 fully saturated rings. The number of benzene rings is 3. The summed E-state index contributed by atoms with van der Waals surface area (Å²) in [5.74, 6) is -0.265. The highest BCUT2D eigenvalue weighted by atomic mass is 35.5. The van der Waals surface area contributed by atoms with E-state index < -0.39 is 34.1 Å². The van der Waals surface area contributed by atoms with Gasteiger partial charge in [0.2, 0.25) is 11.8 Å². The van der Waals surface area contributed by atoms with E-state index in [0.717, 1.165) is 21.0 Å². The normalized spacial score (nSPS) is 12.4. The molecule has 0 aliphatic carbocycles. The van der Waals surface area contributed by atoms with E-state index in [2.05, 4.69) is 5.32 Å². The number of ether oxygens (including phenoxy) is 1. The van der Waals surface area contributed by atoms with Crippen LogP contribution in [-0.2, 0) is 26.2 Å². The van der Waals surface area contributed by atoms with Crippen LogP contribution in [0, 0.1) is 13.8 Å². The molecule has 3 aromatic rings. The van der Waals surface area contributed by atoms with Crippen molar-refractivity contribution in [3.63, 3.8) is 0 Å². The number of anilines is 1. The van der Waals surface area contributed by atoms with Crippen LogP contribution in [0.15, 0.2) is 71.6 Å². The number of amides is 2. The Balaban J connectivity index is 2.11. The maximum Gasteiger partial charge on any atom is 0.264 e. The van der Waals surface area contributed by atoms with Crippen molar-refractivity contribution in [3.8, 4) is 5.75 Å². The minimum atomic E-state index is -4.19. The summed E-state index contributed by atoms with van der Waals surface area (Å²) in [4.78, 5) is 29.1. The Labute approximate surface area is 254 Å². The van der Waals surface area contributed by atoms with E-state index in [1.165, 1.54) is 23.1 Å². The number of rotatable bonds is 11. The third kappa shape index (κ3) is 8.26. The van der Waals surface area contributed by atoms with Crippen LogP contribution in [0.1, 0.15) is 50.8 Å². The predicted molar refractivity (Wildman–Crippen MR) is 167 cm³/mol. The third-order valence-corrected chi connectivity index (χ3v) is 8.90. The molecule has 226 valence electrons. The average Bonchev–Trinajstić information content (AvgIpc) is 2.92. The summed E-state index contributed by atoms with van der Waals surface area (Å²) < 4.78 is 34.4. The second-order valence-electron chi connectivity index (χ2n) is 11.3. The van der Waals surface area contributed by atoms with Crippen molar-refractivity contribution < 1.29 is 22.7 Å². The van der Waals surface area contributed by atoms with Gasteiger partial charge in [-0.15, -0.1) is 0 Å². The van der Waals surface area contributed by atoms with Crippen molar-refractivity contribution in [2.45, 2.75) is 71.0 Å². The molecule has 0 aromatic heterocycles. The molecule has 3 aromatic carbocycles. The summed E-state index contributed by atoms with van der Waals surface area (Å²) in [6.07, 6.45) is 0.318. The van der Waals surface area contributed by atoms with Gasteiger partial charge < -0.3 is 15.0 Å². The van der Waals surface area contributed by atoms with Gasteiger partial charge >= 0.3 is 0 Å². The molecule has 0 radical (unpaired) electrons. The number of nitrogens with one attached hydrogen (secondary N) is 1. The summed E-state index contributed by atoms with van der Waals surface area (Å²) in [5.41, 5.74) is 2.11. The lowest BCUT2D eigenvalue weighted by Gasteiger charge is -2.35. The summed E-state index contributed by atoms with van der Waals surface area (Å²) in [5, 5.41) is 3.34. The second-order valence-corrected chi connectivity index (χ2v) is 13.6.